The number of carboxylic acid groups (broad SMARTS) is 1. The fourth-order valence-corrected chi connectivity index (χ4v) is 0.925. The molecular formula is C7H11N3O2. The molecule has 66 valence electrons. The van der Waals surface area contributed by atoms with Crippen molar-refractivity contribution in [3.8, 4) is 0 Å². The molecule has 0 fully saturated rings. The molecule has 1 heterocycles. The Morgan fingerprint density at radius 3 is 2.58 bits per heavy atom. The highest BCUT2D eigenvalue weighted by Crippen LogP contribution is 2.12. The Bertz CT molecular complexity index is 304. The third-order valence-electron chi connectivity index (χ3n) is 1.54. The van der Waals surface area contributed by atoms with Crippen molar-refractivity contribution < 1.29 is 9.90 Å². The van der Waals surface area contributed by atoms with Crippen LogP contribution < -0.4 is 5.73 Å². The van der Waals surface area contributed by atoms with Crippen molar-refractivity contribution in [3.63, 3.8) is 0 Å². The lowest BCUT2D eigenvalue weighted by atomic mass is 10.4. The summed E-state index contributed by atoms with van der Waals surface area (Å²) in [6, 6.07) is 0.130. The number of carbonyl (C=O) groups is 1. The first-order valence-corrected chi connectivity index (χ1v) is 3.60. The fraction of sp³-hybridized carbons (Fsp3) is 0.429. The van der Waals surface area contributed by atoms with Gasteiger partial charge < -0.3 is 15.4 Å². The van der Waals surface area contributed by atoms with Gasteiger partial charge in [0.15, 0.2) is 5.69 Å². The van der Waals surface area contributed by atoms with Crippen LogP contribution in [0.3, 0.4) is 0 Å². The van der Waals surface area contributed by atoms with Gasteiger partial charge in [-0.3, -0.25) is 0 Å². The molecular weight excluding hydrogens is 158 g/mol. The van der Waals surface area contributed by atoms with E-state index in [1.165, 1.54) is 6.20 Å². The highest BCUT2D eigenvalue weighted by Gasteiger charge is 2.11. The lowest BCUT2D eigenvalue weighted by Crippen LogP contribution is -2.03. The van der Waals surface area contributed by atoms with E-state index in [-0.39, 0.29) is 17.7 Å². The number of aromatic carboxylic acids is 1. The first-order chi connectivity index (χ1) is 5.52. The normalized spacial score (nSPS) is 10.6. The van der Waals surface area contributed by atoms with Gasteiger partial charge >= 0.3 is 5.97 Å². The summed E-state index contributed by atoms with van der Waals surface area (Å²) in [5.41, 5.74) is 5.46. The first-order valence-electron chi connectivity index (χ1n) is 3.60. The number of rotatable bonds is 2. The molecule has 0 bridgehead atoms. The molecule has 0 aromatic carbocycles. The van der Waals surface area contributed by atoms with Gasteiger partial charge in [0.05, 0.1) is 0 Å². The highest BCUT2D eigenvalue weighted by molar-refractivity contribution is 5.85. The van der Waals surface area contributed by atoms with Crippen molar-refractivity contribution in [1.82, 2.24) is 9.55 Å². The molecule has 0 radical (unpaired) electrons. The fourth-order valence-electron chi connectivity index (χ4n) is 0.925. The molecule has 1 aromatic heterocycles. The lowest BCUT2D eigenvalue weighted by Gasteiger charge is -2.06. The second-order valence-corrected chi connectivity index (χ2v) is 2.79. The predicted octanol–water partition coefficient (Wildman–Crippen LogP) is 0.744. The summed E-state index contributed by atoms with van der Waals surface area (Å²) in [5, 5.41) is 8.57. The number of carboxylic acids is 1. The van der Waals surface area contributed by atoms with E-state index in [2.05, 4.69) is 4.98 Å². The predicted molar refractivity (Wildman–Crippen MR) is 44.0 cm³/mol. The average Bonchev–Trinajstić information content (AvgIpc) is 2.30. The Kier molecular flexibility index (Phi) is 2.03. The number of anilines is 1. The van der Waals surface area contributed by atoms with Crippen molar-refractivity contribution in [2.75, 3.05) is 5.73 Å². The molecule has 1 aromatic rings. The molecule has 5 heteroatoms. The van der Waals surface area contributed by atoms with Crippen LogP contribution in [0.1, 0.15) is 30.4 Å². The van der Waals surface area contributed by atoms with Gasteiger partial charge in [0, 0.05) is 12.2 Å². The van der Waals surface area contributed by atoms with Crippen LogP contribution >= 0.6 is 0 Å². The van der Waals surface area contributed by atoms with Crippen molar-refractivity contribution in [1.29, 1.82) is 0 Å². The topological polar surface area (TPSA) is 81.1 Å². The summed E-state index contributed by atoms with van der Waals surface area (Å²) < 4.78 is 1.61. The maximum Gasteiger partial charge on any atom is 0.356 e. The van der Waals surface area contributed by atoms with E-state index in [1.807, 2.05) is 13.8 Å². The molecule has 0 atom stereocenters. The molecule has 0 aliphatic heterocycles. The van der Waals surface area contributed by atoms with Crippen molar-refractivity contribution >= 4 is 11.9 Å². The maximum atomic E-state index is 10.5. The standard InChI is InChI=1S/C7H11N3O2/c1-4(2)10-3-5(6(11)12)9-7(10)8/h3-4H,1-2H3,(H2,8,9)(H,11,12). The van der Waals surface area contributed by atoms with Gasteiger partial charge in [0.25, 0.3) is 0 Å². The van der Waals surface area contributed by atoms with Gasteiger partial charge in [0.1, 0.15) is 0 Å². The van der Waals surface area contributed by atoms with E-state index in [1.54, 1.807) is 4.57 Å². The SMILES string of the molecule is CC(C)n1cc(C(=O)O)nc1N. The van der Waals surface area contributed by atoms with Crippen LogP contribution in [-0.4, -0.2) is 20.6 Å². The van der Waals surface area contributed by atoms with Crippen LogP contribution in [0, 0.1) is 0 Å². The second kappa shape index (κ2) is 2.84. The number of hydrogen-bond acceptors (Lipinski definition) is 3. The zero-order valence-electron chi connectivity index (χ0n) is 6.98. The average molecular weight is 169 g/mol. The monoisotopic (exact) mass is 169 g/mol. The van der Waals surface area contributed by atoms with Crippen LogP contribution in [0.4, 0.5) is 5.95 Å². The number of nitrogens with zero attached hydrogens (tertiary/aromatic N) is 2. The van der Waals surface area contributed by atoms with Crippen LogP contribution in [0.5, 0.6) is 0 Å². The molecule has 12 heavy (non-hydrogen) atoms. The number of hydrogen-bond donors (Lipinski definition) is 2. The molecule has 0 aliphatic carbocycles. The van der Waals surface area contributed by atoms with Crippen LogP contribution in [0.15, 0.2) is 6.20 Å². The molecule has 0 saturated carbocycles. The molecule has 0 saturated heterocycles. The van der Waals surface area contributed by atoms with Crippen molar-refractivity contribution in [2.24, 2.45) is 0 Å². The molecule has 0 aliphatic rings. The van der Waals surface area contributed by atoms with Gasteiger partial charge in [0.2, 0.25) is 5.95 Å². The molecule has 1 rings (SSSR count). The van der Waals surface area contributed by atoms with Gasteiger partial charge in [-0.2, -0.15) is 0 Å². The molecule has 0 unspecified atom stereocenters. The minimum atomic E-state index is -1.05. The molecule has 3 N–H and O–H groups in total. The van der Waals surface area contributed by atoms with E-state index in [9.17, 15) is 4.79 Å². The Labute approximate surface area is 69.8 Å². The number of aromatic nitrogens is 2. The summed E-state index contributed by atoms with van der Waals surface area (Å²) >= 11 is 0. The summed E-state index contributed by atoms with van der Waals surface area (Å²) in [4.78, 5) is 14.1. The smallest absolute Gasteiger partial charge is 0.356 e. The third kappa shape index (κ3) is 1.39. The van der Waals surface area contributed by atoms with Gasteiger partial charge in [-0.15, -0.1) is 0 Å². The second-order valence-electron chi connectivity index (χ2n) is 2.79. The van der Waals surface area contributed by atoms with E-state index >= 15 is 0 Å². The van der Waals surface area contributed by atoms with Gasteiger partial charge in [-0.05, 0) is 13.8 Å². The van der Waals surface area contributed by atoms with Crippen LogP contribution in [0.2, 0.25) is 0 Å². The van der Waals surface area contributed by atoms with Crippen molar-refractivity contribution in [2.45, 2.75) is 19.9 Å². The molecule has 0 amide bonds. The summed E-state index contributed by atoms with van der Waals surface area (Å²) in [6.45, 7) is 3.81. The van der Waals surface area contributed by atoms with Crippen LogP contribution in [0.25, 0.3) is 0 Å². The van der Waals surface area contributed by atoms with Gasteiger partial charge in [-0.25, -0.2) is 9.78 Å². The van der Waals surface area contributed by atoms with E-state index in [0.29, 0.717) is 0 Å². The van der Waals surface area contributed by atoms with E-state index in [4.69, 9.17) is 10.8 Å². The Balaban J connectivity index is 3.09. The Morgan fingerprint density at radius 1 is 1.75 bits per heavy atom. The Hall–Kier alpha value is -1.52. The summed E-state index contributed by atoms with van der Waals surface area (Å²) in [6.07, 6.45) is 1.43. The third-order valence-corrected chi connectivity index (χ3v) is 1.54. The first kappa shape index (κ1) is 8.58. The largest absolute Gasteiger partial charge is 0.476 e. The molecule has 5 nitrogen and oxygen atoms in total. The van der Waals surface area contributed by atoms with Gasteiger partial charge in [-0.1, -0.05) is 0 Å². The summed E-state index contributed by atoms with van der Waals surface area (Å²) in [5.74, 6) is -0.816. The van der Waals surface area contributed by atoms with E-state index in [0.717, 1.165) is 0 Å². The quantitative estimate of drug-likeness (QED) is 0.684. The molecule has 0 spiro atoms. The number of imidazole rings is 1. The zero-order chi connectivity index (χ0) is 9.30. The minimum absolute atomic E-state index is 0.0128. The number of nitrogens with two attached hydrogens (primary N) is 1. The van der Waals surface area contributed by atoms with Crippen molar-refractivity contribution in [3.05, 3.63) is 11.9 Å². The number of nitrogen functional groups attached to an aromatic ring is 1. The zero-order valence-corrected chi connectivity index (χ0v) is 6.98. The summed E-state index contributed by atoms with van der Waals surface area (Å²) in [7, 11) is 0. The maximum absolute atomic E-state index is 10.5. The Morgan fingerprint density at radius 2 is 2.33 bits per heavy atom. The highest BCUT2D eigenvalue weighted by atomic mass is 16.4. The lowest BCUT2D eigenvalue weighted by molar-refractivity contribution is 0.0691. The van der Waals surface area contributed by atoms with Crippen LogP contribution in [-0.2, 0) is 0 Å². The minimum Gasteiger partial charge on any atom is -0.476 e. The van der Waals surface area contributed by atoms with E-state index < -0.39 is 5.97 Å².